The van der Waals surface area contributed by atoms with Crippen molar-refractivity contribution in [3.8, 4) is 17.2 Å². The number of ether oxygens (including phenoxy) is 3. The number of hydrogen-bond donors (Lipinski definition) is 1. The second kappa shape index (κ2) is 7.34. The Bertz CT molecular complexity index is 734. The van der Waals surface area contributed by atoms with Crippen molar-refractivity contribution in [2.45, 2.75) is 11.4 Å². The molecule has 0 aliphatic carbocycles. The highest BCUT2D eigenvalue weighted by molar-refractivity contribution is 7.89. The summed E-state index contributed by atoms with van der Waals surface area (Å²) in [5, 5.41) is 0. The van der Waals surface area contributed by atoms with Gasteiger partial charge in [0.2, 0.25) is 10.0 Å². The average molecular weight is 337 g/mol. The lowest BCUT2D eigenvalue weighted by atomic mass is 10.2. The maximum absolute atomic E-state index is 12.6. The average Bonchev–Trinajstić information content (AvgIpc) is 2.59. The van der Waals surface area contributed by atoms with Crippen LogP contribution in [0, 0.1) is 0 Å². The molecule has 1 N–H and O–H groups in total. The second-order valence-electron chi connectivity index (χ2n) is 4.66. The summed E-state index contributed by atoms with van der Waals surface area (Å²) in [6, 6.07) is 11.9. The predicted octanol–water partition coefficient (Wildman–Crippen LogP) is 2.19. The lowest BCUT2D eigenvalue weighted by molar-refractivity contribution is 0.373. The number of nitrogens with one attached hydrogen (secondary N) is 1. The van der Waals surface area contributed by atoms with Crippen molar-refractivity contribution < 1.29 is 22.6 Å². The summed E-state index contributed by atoms with van der Waals surface area (Å²) in [5.41, 5.74) is 0.809. The number of rotatable bonds is 7. The molecule has 6 nitrogen and oxygen atoms in total. The molecular weight excluding hydrogens is 318 g/mol. The van der Waals surface area contributed by atoms with Gasteiger partial charge in [0.15, 0.2) is 4.90 Å². The number of benzene rings is 2. The van der Waals surface area contributed by atoms with E-state index in [1.165, 1.54) is 14.2 Å². The van der Waals surface area contributed by atoms with Crippen molar-refractivity contribution >= 4 is 10.0 Å². The summed E-state index contributed by atoms with van der Waals surface area (Å²) in [4.78, 5) is -0.0153. The fourth-order valence-electron chi connectivity index (χ4n) is 2.08. The van der Waals surface area contributed by atoms with E-state index in [1.807, 2.05) is 0 Å². The predicted molar refractivity (Wildman–Crippen MR) is 86.6 cm³/mol. The highest BCUT2D eigenvalue weighted by atomic mass is 32.2. The van der Waals surface area contributed by atoms with E-state index in [0.717, 1.165) is 5.56 Å². The molecule has 0 saturated carbocycles. The van der Waals surface area contributed by atoms with E-state index in [0.29, 0.717) is 5.75 Å². The monoisotopic (exact) mass is 337 g/mol. The first-order valence-corrected chi connectivity index (χ1v) is 8.33. The molecule has 0 aliphatic rings. The van der Waals surface area contributed by atoms with Crippen LogP contribution in [-0.2, 0) is 16.6 Å². The van der Waals surface area contributed by atoms with Crippen LogP contribution >= 0.6 is 0 Å². The second-order valence-corrected chi connectivity index (χ2v) is 6.37. The van der Waals surface area contributed by atoms with Gasteiger partial charge >= 0.3 is 0 Å². The van der Waals surface area contributed by atoms with Crippen LogP contribution in [0.3, 0.4) is 0 Å². The molecule has 2 rings (SSSR count). The highest BCUT2D eigenvalue weighted by Gasteiger charge is 2.24. The maximum atomic E-state index is 12.6. The van der Waals surface area contributed by atoms with Crippen LogP contribution in [0.25, 0.3) is 0 Å². The van der Waals surface area contributed by atoms with E-state index in [-0.39, 0.29) is 22.9 Å². The van der Waals surface area contributed by atoms with E-state index in [2.05, 4.69) is 4.72 Å². The molecule has 2 aromatic rings. The summed E-state index contributed by atoms with van der Waals surface area (Å²) in [7, 11) is 0.612. The van der Waals surface area contributed by atoms with Crippen LogP contribution < -0.4 is 18.9 Å². The van der Waals surface area contributed by atoms with Crippen LogP contribution in [-0.4, -0.2) is 29.7 Å². The molecule has 2 aromatic carbocycles. The molecule has 0 atom stereocenters. The zero-order valence-electron chi connectivity index (χ0n) is 13.2. The number of hydrogen-bond acceptors (Lipinski definition) is 5. The quantitative estimate of drug-likeness (QED) is 0.838. The molecule has 0 aromatic heterocycles. The Morgan fingerprint density at radius 2 is 1.43 bits per heavy atom. The van der Waals surface area contributed by atoms with Crippen molar-refractivity contribution in [2.24, 2.45) is 0 Å². The number of sulfonamides is 1. The topological polar surface area (TPSA) is 73.9 Å². The maximum Gasteiger partial charge on any atom is 0.248 e. The molecule has 0 radical (unpaired) electrons. The third kappa shape index (κ3) is 3.94. The third-order valence-electron chi connectivity index (χ3n) is 3.28. The largest absolute Gasteiger partial charge is 0.497 e. The summed E-state index contributed by atoms with van der Waals surface area (Å²) in [6.07, 6.45) is 0. The molecule has 0 amide bonds. The molecule has 0 bridgehead atoms. The molecule has 0 heterocycles. The van der Waals surface area contributed by atoms with Crippen LogP contribution in [0.4, 0.5) is 0 Å². The fraction of sp³-hybridized carbons (Fsp3) is 0.250. The summed E-state index contributed by atoms with van der Waals surface area (Å²) >= 11 is 0. The van der Waals surface area contributed by atoms with Crippen molar-refractivity contribution in [3.63, 3.8) is 0 Å². The van der Waals surface area contributed by atoms with Crippen molar-refractivity contribution in [1.82, 2.24) is 4.72 Å². The van der Waals surface area contributed by atoms with E-state index in [9.17, 15) is 8.42 Å². The first-order valence-electron chi connectivity index (χ1n) is 6.85. The standard InChI is InChI=1S/C16H19NO5S/c1-20-13-9-7-12(8-10-13)11-17-23(18,19)16-14(21-2)5-4-6-15(16)22-3/h4-10,17H,11H2,1-3H3. The SMILES string of the molecule is COc1ccc(CNS(=O)(=O)c2c(OC)cccc2OC)cc1. The van der Waals surface area contributed by atoms with E-state index in [1.54, 1.807) is 49.6 Å². The van der Waals surface area contributed by atoms with E-state index >= 15 is 0 Å². The first kappa shape index (κ1) is 17.1. The Hall–Kier alpha value is -2.25. The Morgan fingerprint density at radius 1 is 0.870 bits per heavy atom. The van der Waals surface area contributed by atoms with Gasteiger partial charge in [-0.25, -0.2) is 13.1 Å². The zero-order chi connectivity index (χ0) is 16.9. The lowest BCUT2D eigenvalue weighted by Gasteiger charge is -2.14. The molecule has 0 fully saturated rings. The van der Waals surface area contributed by atoms with Crippen molar-refractivity contribution in [1.29, 1.82) is 0 Å². The Balaban J connectivity index is 2.25. The van der Waals surface area contributed by atoms with Crippen molar-refractivity contribution in [3.05, 3.63) is 48.0 Å². The van der Waals surface area contributed by atoms with E-state index in [4.69, 9.17) is 14.2 Å². The minimum Gasteiger partial charge on any atom is -0.497 e. The molecular formula is C16H19NO5S. The Morgan fingerprint density at radius 3 is 1.91 bits per heavy atom. The Labute approximate surface area is 136 Å². The van der Waals surface area contributed by atoms with Gasteiger partial charge in [0.1, 0.15) is 17.2 Å². The van der Waals surface area contributed by atoms with Gasteiger partial charge in [-0.3, -0.25) is 0 Å². The molecule has 23 heavy (non-hydrogen) atoms. The van der Waals surface area contributed by atoms with Crippen LogP contribution in [0.2, 0.25) is 0 Å². The van der Waals surface area contributed by atoms with Gasteiger partial charge in [0.05, 0.1) is 21.3 Å². The first-order chi connectivity index (χ1) is 11.0. The van der Waals surface area contributed by atoms with Gasteiger partial charge in [-0.05, 0) is 29.8 Å². The van der Waals surface area contributed by atoms with Gasteiger partial charge < -0.3 is 14.2 Å². The summed E-state index contributed by atoms with van der Waals surface area (Å²) < 4.78 is 43.1. The van der Waals surface area contributed by atoms with Gasteiger partial charge in [0.25, 0.3) is 0 Å². The fourth-order valence-corrected chi connectivity index (χ4v) is 3.41. The van der Waals surface area contributed by atoms with Gasteiger partial charge in [-0.15, -0.1) is 0 Å². The number of methoxy groups -OCH3 is 3. The van der Waals surface area contributed by atoms with E-state index < -0.39 is 10.0 Å². The highest BCUT2D eigenvalue weighted by Crippen LogP contribution is 2.32. The third-order valence-corrected chi connectivity index (χ3v) is 4.74. The molecule has 0 saturated heterocycles. The minimum atomic E-state index is -3.79. The smallest absolute Gasteiger partial charge is 0.248 e. The van der Waals surface area contributed by atoms with Gasteiger partial charge in [-0.1, -0.05) is 18.2 Å². The van der Waals surface area contributed by atoms with Crippen LogP contribution in [0.15, 0.2) is 47.4 Å². The molecule has 124 valence electrons. The summed E-state index contributed by atoms with van der Waals surface area (Å²) in [5.74, 6) is 1.17. The molecule has 0 aliphatic heterocycles. The molecule has 0 spiro atoms. The molecule has 7 heteroatoms. The lowest BCUT2D eigenvalue weighted by Crippen LogP contribution is -2.24. The Kier molecular flexibility index (Phi) is 5.46. The normalized spacial score (nSPS) is 11.1. The zero-order valence-corrected chi connectivity index (χ0v) is 14.0. The van der Waals surface area contributed by atoms with Crippen LogP contribution in [0.5, 0.6) is 17.2 Å². The van der Waals surface area contributed by atoms with Crippen LogP contribution in [0.1, 0.15) is 5.56 Å². The minimum absolute atomic E-state index is 0.0153. The van der Waals surface area contributed by atoms with Crippen molar-refractivity contribution in [2.75, 3.05) is 21.3 Å². The van der Waals surface area contributed by atoms with Gasteiger partial charge in [0, 0.05) is 6.54 Å². The summed E-state index contributed by atoms with van der Waals surface area (Å²) in [6.45, 7) is 0.146. The van der Waals surface area contributed by atoms with Gasteiger partial charge in [-0.2, -0.15) is 0 Å². The molecule has 0 unspecified atom stereocenters.